The number of aromatic amines is 1. The zero-order valence-electron chi connectivity index (χ0n) is 9.35. The number of hydrogen-bond acceptors (Lipinski definition) is 1. The normalized spacial score (nSPS) is 11.2. The molecule has 0 atom stereocenters. The minimum atomic E-state index is -0.693. The quantitative estimate of drug-likeness (QED) is 0.667. The van der Waals surface area contributed by atoms with E-state index in [0.29, 0.717) is 20.5 Å². The molecule has 0 aliphatic heterocycles. The first-order valence-electron chi connectivity index (χ1n) is 5.35. The van der Waals surface area contributed by atoms with Crippen LogP contribution in [0.4, 0.5) is 8.78 Å². The van der Waals surface area contributed by atoms with Crippen LogP contribution in [0.3, 0.4) is 0 Å². The molecule has 96 valence electrons. The highest BCUT2D eigenvalue weighted by Crippen LogP contribution is 2.30. The Balaban J connectivity index is 2.28. The van der Waals surface area contributed by atoms with Crippen molar-refractivity contribution in [1.82, 2.24) is 9.97 Å². The van der Waals surface area contributed by atoms with E-state index in [-0.39, 0.29) is 11.4 Å². The third-order valence-electron chi connectivity index (χ3n) is 2.71. The molecule has 1 N–H and O–H groups in total. The number of fused-ring (bicyclic) bond motifs is 1. The summed E-state index contributed by atoms with van der Waals surface area (Å²) in [4.78, 5) is 7.01. The van der Waals surface area contributed by atoms with Gasteiger partial charge in [-0.3, -0.25) is 0 Å². The lowest BCUT2D eigenvalue weighted by molar-refractivity contribution is 0.586. The molecule has 6 heteroatoms. The molecule has 0 bridgehead atoms. The highest BCUT2D eigenvalue weighted by atomic mass is 79.9. The highest BCUT2D eigenvalue weighted by molar-refractivity contribution is 9.10. The van der Waals surface area contributed by atoms with E-state index in [1.807, 2.05) is 0 Å². The molecule has 0 aliphatic rings. The molecule has 0 fully saturated rings. The second-order valence-electron chi connectivity index (χ2n) is 3.97. The van der Waals surface area contributed by atoms with Gasteiger partial charge in [0.2, 0.25) is 0 Å². The summed E-state index contributed by atoms with van der Waals surface area (Å²) in [5.74, 6) is -1.27. The number of benzene rings is 2. The van der Waals surface area contributed by atoms with Crippen LogP contribution in [0.15, 0.2) is 34.8 Å². The molecular formula is C13H6BrClF2N2. The number of nitrogens with one attached hydrogen (secondary N) is 1. The van der Waals surface area contributed by atoms with Gasteiger partial charge in [0, 0.05) is 4.47 Å². The van der Waals surface area contributed by atoms with Crippen molar-refractivity contribution in [2.75, 3.05) is 0 Å². The van der Waals surface area contributed by atoms with Crippen molar-refractivity contribution in [1.29, 1.82) is 0 Å². The molecule has 2 aromatic carbocycles. The molecule has 0 amide bonds. The minimum absolute atomic E-state index is 0.116. The van der Waals surface area contributed by atoms with Crippen LogP contribution < -0.4 is 0 Å². The average Bonchev–Trinajstić information content (AvgIpc) is 2.72. The molecule has 0 saturated heterocycles. The fraction of sp³-hybridized carbons (Fsp3) is 0. The Morgan fingerprint density at radius 3 is 2.47 bits per heavy atom. The summed E-state index contributed by atoms with van der Waals surface area (Å²) >= 11 is 9.02. The molecule has 3 aromatic rings. The van der Waals surface area contributed by atoms with E-state index in [1.54, 1.807) is 18.2 Å². The predicted molar refractivity (Wildman–Crippen MR) is 74.2 cm³/mol. The zero-order valence-corrected chi connectivity index (χ0v) is 11.7. The van der Waals surface area contributed by atoms with Crippen LogP contribution in [0.2, 0.25) is 5.02 Å². The maximum atomic E-state index is 13.9. The van der Waals surface area contributed by atoms with Crippen molar-refractivity contribution in [3.05, 3.63) is 51.5 Å². The van der Waals surface area contributed by atoms with E-state index < -0.39 is 11.6 Å². The monoisotopic (exact) mass is 342 g/mol. The van der Waals surface area contributed by atoms with Crippen molar-refractivity contribution in [3.63, 3.8) is 0 Å². The van der Waals surface area contributed by atoms with Crippen LogP contribution >= 0.6 is 27.5 Å². The largest absolute Gasteiger partial charge is 0.338 e. The predicted octanol–water partition coefficient (Wildman–Crippen LogP) is 4.92. The molecule has 3 rings (SSSR count). The Bertz CT molecular complexity index is 762. The van der Waals surface area contributed by atoms with Crippen molar-refractivity contribution >= 4 is 38.6 Å². The smallest absolute Gasteiger partial charge is 0.144 e. The second-order valence-corrected chi connectivity index (χ2v) is 5.29. The van der Waals surface area contributed by atoms with Gasteiger partial charge in [-0.2, -0.15) is 0 Å². The van der Waals surface area contributed by atoms with E-state index in [1.165, 1.54) is 12.1 Å². The van der Waals surface area contributed by atoms with Gasteiger partial charge in [-0.15, -0.1) is 0 Å². The van der Waals surface area contributed by atoms with Gasteiger partial charge in [-0.05, 0) is 24.3 Å². The van der Waals surface area contributed by atoms with Gasteiger partial charge in [-0.1, -0.05) is 33.6 Å². The van der Waals surface area contributed by atoms with Crippen LogP contribution in [0.5, 0.6) is 0 Å². The van der Waals surface area contributed by atoms with Gasteiger partial charge in [0.25, 0.3) is 0 Å². The van der Waals surface area contributed by atoms with Crippen molar-refractivity contribution in [2.45, 2.75) is 0 Å². The fourth-order valence-electron chi connectivity index (χ4n) is 1.88. The first-order valence-corrected chi connectivity index (χ1v) is 6.52. The summed E-state index contributed by atoms with van der Waals surface area (Å²) in [5, 5.41) is 0.429. The zero-order chi connectivity index (χ0) is 13.6. The summed E-state index contributed by atoms with van der Waals surface area (Å²) in [7, 11) is 0. The Morgan fingerprint density at radius 2 is 1.84 bits per heavy atom. The molecule has 2 nitrogen and oxygen atoms in total. The Labute approximate surface area is 120 Å². The summed E-state index contributed by atoms with van der Waals surface area (Å²) in [5.41, 5.74) is 0.917. The Morgan fingerprint density at radius 1 is 1.16 bits per heavy atom. The second kappa shape index (κ2) is 4.58. The number of H-pyrrole nitrogens is 1. The van der Waals surface area contributed by atoms with Gasteiger partial charge in [0.15, 0.2) is 0 Å². The standard InChI is InChI=1S/C13H6BrClF2N2/c14-6-4-8(16)11(9(17)5-6)13-18-10-3-1-2-7(15)12(10)19-13/h1-5H,(H,18,19). The van der Waals surface area contributed by atoms with Gasteiger partial charge in [0.05, 0.1) is 16.1 Å². The van der Waals surface area contributed by atoms with Gasteiger partial charge >= 0.3 is 0 Å². The van der Waals surface area contributed by atoms with E-state index in [4.69, 9.17) is 11.6 Å². The number of nitrogens with zero attached hydrogens (tertiary/aromatic N) is 1. The Kier molecular flexibility index (Phi) is 3.03. The van der Waals surface area contributed by atoms with Crippen LogP contribution in [-0.2, 0) is 0 Å². The molecule has 0 spiro atoms. The number of hydrogen-bond donors (Lipinski definition) is 1. The molecule has 1 heterocycles. The first-order chi connectivity index (χ1) is 9.06. The number of halogens is 4. The van der Waals surface area contributed by atoms with E-state index in [2.05, 4.69) is 25.9 Å². The topological polar surface area (TPSA) is 28.7 Å². The van der Waals surface area contributed by atoms with Gasteiger partial charge < -0.3 is 4.98 Å². The molecule has 0 unspecified atom stereocenters. The minimum Gasteiger partial charge on any atom is -0.338 e. The van der Waals surface area contributed by atoms with E-state index in [9.17, 15) is 8.78 Å². The Hall–Kier alpha value is -1.46. The summed E-state index contributed by atoms with van der Waals surface area (Å²) in [6.07, 6.45) is 0. The summed E-state index contributed by atoms with van der Waals surface area (Å²) in [6.45, 7) is 0. The van der Waals surface area contributed by atoms with Crippen LogP contribution in [0.25, 0.3) is 22.4 Å². The van der Waals surface area contributed by atoms with Crippen LogP contribution in [0.1, 0.15) is 0 Å². The van der Waals surface area contributed by atoms with Crippen molar-refractivity contribution in [2.24, 2.45) is 0 Å². The molecule has 1 aromatic heterocycles. The van der Waals surface area contributed by atoms with E-state index >= 15 is 0 Å². The summed E-state index contributed by atoms with van der Waals surface area (Å²) in [6, 6.07) is 7.52. The maximum absolute atomic E-state index is 13.9. The molecule has 0 radical (unpaired) electrons. The maximum Gasteiger partial charge on any atom is 0.144 e. The first kappa shape index (κ1) is 12.6. The van der Waals surface area contributed by atoms with Gasteiger partial charge in [0.1, 0.15) is 23.0 Å². The fourth-order valence-corrected chi connectivity index (χ4v) is 2.50. The SMILES string of the molecule is Fc1cc(Br)cc(F)c1-c1nc2c(Cl)cccc2[nH]1. The summed E-state index contributed by atoms with van der Waals surface area (Å²) < 4.78 is 28.1. The van der Waals surface area contributed by atoms with Crippen LogP contribution in [-0.4, -0.2) is 9.97 Å². The number of rotatable bonds is 1. The van der Waals surface area contributed by atoms with Crippen molar-refractivity contribution < 1.29 is 8.78 Å². The molecule has 19 heavy (non-hydrogen) atoms. The lowest BCUT2D eigenvalue weighted by atomic mass is 10.2. The lowest BCUT2D eigenvalue weighted by Crippen LogP contribution is -1.92. The van der Waals surface area contributed by atoms with Crippen LogP contribution in [0, 0.1) is 11.6 Å². The molecular weight excluding hydrogens is 338 g/mol. The highest BCUT2D eigenvalue weighted by Gasteiger charge is 2.17. The number of aromatic nitrogens is 2. The van der Waals surface area contributed by atoms with E-state index in [0.717, 1.165) is 0 Å². The number of imidazole rings is 1. The third-order valence-corrected chi connectivity index (χ3v) is 3.47. The van der Waals surface area contributed by atoms with Gasteiger partial charge in [-0.25, -0.2) is 13.8 Å². The number of para-hydroxylation sites is 1. The molecule has 0 saturated carbocycles. The molecule has 0 aliphatic carbocycles. The van der Waals surface area contributed by atoms with Crippen molar-refractivity contribution in [3.8, 4) is 11.4 Å². The average molecular weight is 344 g/mol. The third kappa shape index (κ3) is 2.13. The lowest BCUT2D eigenvalue weighted by Gasteiger charge is -2.02.